The molecule has 5 heteroatoms. The van der Waals surface area contributed by atoms with Gasteiger partial charge in [-0.1, -0.05) is 28.8 Å². The highest BCUT2D eigenvalue weighted by atomic mass is 79.9. The van der Waals surface area contributed by atoms with Gasteiger partial charge < -0.3 is 9.88 Å². The molecule has 2 fully saturated rings. The molecule has 4 rings (SSSR count). The fourth-order valence-corrected chi connectivity index (χ4v) is 4.52. The van der Waals surface area contributed by atoms with Crippen molar-refractivity contribution in [3.8, 4) is 0 Å². The van der Waals surface area contributed by atoms with Crippen LogP contribution in [0.2, 0.25) is 0 Å². The molecule has 1 aromatic heterocycles. The molecule has 23 heavy (non-hydrogen) atoms. The average Bonchev–Trinajstić information content (AvgIpc) is 2.99. The number of pyridine rings is 1. The summed E-state index contributed by atoms with van der Waals surface area (Å²) in [7, 11) is 0. The number of nitrogens with one attached hydrogen (secondary N) is 1. The molecule has 2 heterocycles. The third-order valence-electron chi connectivity index (χ3n) is 5.34. The molecule has 1 aromatic carbocycles. The van der Waals surface area contributed by atoms with Gasteiger partial charge in [0.05, 0.1) is 0 Å². The number of carbonyl (C=O) groups is 1. The molecule has 1 saturated carbocycles. The molecular weight excluding hydrogens is 356 g/mol. The van der Waals surface area contributed by atoms with Gasteiger partial charge in [-0.05, 0) is 43.4 Å². The predicted molar refractivity (Wildman–Crippen MR) is 93.7 cm³/mol. The van der Waals surface area contributed by atoms with Gasteiger partial charge in [-0.15, -0.1) is 0 Å². The van der Waals surface area contributed by atoms with E-state index >= 15 is 0 Å². The van der Waals surface area contributed by atoms with Crippen molar-refractivity contribution in [1.29, 1.82) is 0 Å². The summed E-state index contributed by atoms with van der Waals surface area (Å²) in [4.78, 5) is 30.7. The first-order chi connectivity index (χ1) is 11.1. The van der Waals surface area contributed by atoms with Crippen LogP contribution >= 0.6 is 15.9 Å². The molecule has 0 spiro atoms. The molecule has 0 bridgehead atoms. The highest BCUT2D eigenvalue weighted by molar-refractivity contribution is 9.10. The highest BCUT2D eigenvalue weighted by Crippen LogP contribution is 2.36. The number of amides is 1. The Balaban J connectivity index is 1.72. The second-order valence-electron chi connectivity index (χ2n) is 6.62. The van der Waals surface area contributed by atoms with Gasteiger partial charge in [0.25, 0.3) is 5.91 Å². The zero-order valence-electron chi connectivity index (χ0n) is 12.8. The van der Waals surface area contributed by atoms with Gasteiger partial charge in [0.1, 0.15) is 5.56 Å². The molecule has 0 radical (unpaired) electrons. The normalized spacial score (nSPS) is 24.0. The highest BCUT2D eigenvalue weighted by Gasteiger charge is 2.39. The van der Waals surface area contributed by atoms with E-state index in [0.717, 1.165) is 29.4 Å². The SMILES string of the molecule is O=C(c1c[nH]c2ccc(Br)cc2c1=O)N1CC[C@H]2CCCC[C@H]21. The van der Waals surface area contributed by atoms with Crippen LogP contribution in [0.15, 0.2) is 33.7 Å². The standard InChI is InChI=1S/C18H19BrN2O2/c19-12-5-6-15-13(9-12)17(22)14(10-20-15)18(23)21-8-7-11-3-1-2-4-16(11)21/h5-6,9-11,16H,1-4,7-8H2,(H,20,22)/t11-,16-/m1/s1. The molecule has 0 unspecified atom stereocenters. The Morgan fingerprint density at radius 1 is 1.22 bits per heavy atom. The van der Waals surface area contributed by atoms with E-state index in [1.807, 2.05) is 17.0 Å². The van der Waals surface area contributed by atoms with Crippen LogP contribution in [-0.4, -0.2) is 28.4 Å². The van der Waals surface area contributed by atoms with Gasteiger partial charge in [0.15, 0.2) is 0 Å². The third-order valence-corrected chi connectivity index (χ3v) is 5.84. The summed E-state index contributed by atoms with van der Waals surface area (Å²) in [6.45, 7) is 0.782. The summed E-state index contributed by atoms with van der Waals surface area (Å²) < 4.78 is 0.841. The molecule has 4 nitrogen and oxygen atoms in total. The number of nitrogens with zero attached hydrogens (tertiary/aromatic N) is 1. The van der Waals surface area contributed by atoms with Crippen LogP contribution in [-0.2, 0) is 0 Å². The van der Waals surface area contributed by atoms with Crippen LogP contribution in [0, 0.1) is 5.92 Å². The van der Waals surface area contributed by atoms with Gasteiger partial charge in [-0.2, -0.15) is 0 Å². The smallest absolute Gasteiger partial charge is 0.259 e. The minimum absolute atomic E-state index is 0.109. The van der Waals surface area contributed by atoms with Gasteiger partial charge in [0.2, 0.25) is 5.43 Å². The van der Waals surface area contributed by atoms with Crippen LogP contribution < -0.4 is 5.43 Å². The Labute approximate surface area is 143 Å². The zero-order valence-corrected chi connectivity index (χ0v) is 14.4. The van der Waals surface area contributed by atoms with Crippen LogP contribution in [0.4, 0.5) is 0 Å². The van der Waals surface area contributed by atoms with Crippen molar-refractivity contribution in [2.75, 3.05) is 6.54 Å². The lowest BCUT2D eigenvalue weighted by atomic mass is 9.85. The predicted octanol–water partition coefficient (Wildman–Crippen LogP) is 3.70. The number of rotatable bonds is 1. The lowest BCUT2D eigenvalue weighted by Crippen LogP contribution is -2.41. The molecule has 2 aromatic rings. The fraction of sp³-hybridized carbons (Fsp3) is 0.444. The minimum atomic E-state index is -0.177. The first kappa shape index (κ1) is 14.9. The first-order valence-electron chi connectivity index (χ1n) is 8.27. The maximum atomic E-state index is 12.9. The number of aromatic nitrogens is 1. The van der Waals surface area contributed by atoms with Crippen molar-refractivity contribution in [2.24, 2.45) is 5.92 Å². The van der Waals surface area contributed by atoms with Crippen molar-refractivity contribution in [3.05, 3.63) is 44.7 Å². The number of benzene rings is 1. The Kier molecular flexibility index (Phi) is 3.76. The van der Waals surface area contributed by atoms with Crippen LogP contribution in [0.25, 0.3) is 10.9 Å². The molecule has 1 aliphatic heterocycles. The number of aromatic amines is 1. The Morgan fingerprint density at radius 3 is 2.91 bits per heavy atom. The molecular formula is C18H19BrN2O2. The van der Waals surface area contributed by atoms with Crippen molar-refractivity contribution < 1.29 is 4.79 Å². The number of hydrogen-bond acceptors (Lipinski definition) is 2. The Hall–Kier alpha value is -1.62. The number of carbonyl (C=O) groups excluding carboxylic acids is 1. The first-order valence-corrected chi connectivity index (χ1v) is 9.06. The molecule has 1 aliphatic carbocycles. The van der Waals surface area contributed by atoms with Crippen molar-refractivity contribution in [1.82, 2.24) is 9.88 Å². The summed E-state index contributed by atoms with van der Waals surface area (Å²) >= 11 is 3.39. The van der Waals surface area contributed by atoms with Crippen LogP contribution in [0.3, 0.4) is 0 Å². The second kappa shape index (κ2) is 5.78. The van der Waals surface area contributed by atoms with Gasteiger partial charge >= 0.3 is 0 Å². The molecule has 2 aliphatic rings. The van der Waals surface area contributed by atoms with E-state index < -0.39 is 0 Å². The number of fused-ring (bicyclic) bond motifs is 2. The molecule has 1 saturated heterocycles. The number of hydrogen-bond donors (Lipinski definition) is 1. The monoisotopic (exact) mass is 374 g/mol. The van der Waals surface area contributed by atoms with E-state index in [9.17, 15) is 9.59 Å². The van der Waals surface area contributed by atoms with Crippen molar-refractivity contribution in [2.45, 2.75) is 38.1 Å². The van der Waals surface area contributed by atoms with Gasteiger partial charge in [-0.25, -0.2) is 0 Å². The Morgan fingerprint density at radius 2 is 2.04 bits per heavy atom. The fourth-order valence-electron chi connectivity index (χ4n) is 4.16. The number of likely N-dealkylation sites (tertiary alicyclic amines) is 1. The van der Waals surface area contributed by atoms with Crippen LogP contribution in [0.5, 0.6) is 0 Å². The van der Waals surface area contributed by atoms with Crippen molar-refractivity contribution >= 4 is 32.7 Å². The van der Waals surface area contributed by atoms with Gasteiger partial charge in [0, 0.05) is 34.2 Å². The summed E-state index contributed by atoms with van der Waals surface area (Å²) in [5.41, 5.74) is 0.845. The van der Waals surface area contributed by atoms with Gasteiger partial charge in [-0.3, -0.25) is 9.59 Å². The molecule has 2 atom stereocenters. The van der Waals surface area contributed by atoms with E-state index in [1.165, 1.54) is 19.3 Å². The molecule has 1 amide bonds. The maximum absolute atomic E-state index is 12.9. The summed E-state index contributed by atoms with van der Waals surface area (Å²) in [6.07, 6.45) is 7.41. The lowest BCUT2D eigenvalue weighted by molar-refractivity contribution is 0.0688. The quantitative estimate of drug-likeness (QED) is 0.827. The lowest BCUT2D eigenvalue weighted by Gasteiger charge is -2.31. The van der Waals surface area contributed by atoms with E-state index in [4.69, 9.17) is 0 Å². The summed E-state index contributed by atoms with van der Waals surface area (Å²) in [6, 6.07) is 5.83. The van der Waals surface area contributed by atoms with E-state index in [2.05, 4.69) is 20.9 Å². The number of halogens is 1. The number of H-pyrrole nitrogens is 1. The van der Waals surface area contributed by atoms with E-state index in [1.54, 1.807) is 12.3 Å². The van der Waals surface area contributed by atoms with E-state index in [-0.39, 0.29) is 16.9 Å². The van der Waals surface area contributed by atoms with Crippen LogP contribution in [0.1, 0.15) is 42.5 Å². The summed E-state index contributed by atoms with van der Waals surface area (Å²) in [5, 5.41) is 0.560. The van der Waals surface area contributed by atoms with Crippen molar-refractivity contribution in [3.63, 3.8) is 0 Å². The second-order valence-corrected chi connectivity index (χ2v) is 7.54. The average molecular weight is 375 g/mol. The molecule has 120 valence electrons. The largest absolute Gasteiger partial charge is 0.360 e. The molecule has 1 N–H and O–H groups in total. The summed E-state index contributed by atoms with van der Waals surface area (Å²) in [5.74, 6) is 0.518. The van der Waals surface area contributed by atoms with E-state index in [0.29, 0.717) is 17.3 Å². The topological polar surface area (TPSA) is 53.2 Å². The minimum Gasteiger partial charge on any atom is -0.360 e. The third kappa shape index (κ3) is 2.51. The zero-order chi connectivity index (χ0) is 16.0. The maximum Gasteiger partial charge on any atom is 0.259 e. The Bertz CT molecular complexity index is 829.